The number of ether oxygens (including phenoxy) is 1. The zero-order chi connectivity index (χ0) is 20.9. The lowest BCUT2D eigenvalue weighted by Gasteiger charge is -2.11. The molecule has 30 heavy (non-hydrogen) atoms. The van der Waals surface area contributed by atoms with Gasteiger partial charge in [-0.15, -0.1) is 0 Å². The average molecular weight is 428 g/mol. The van der Waals surface area contributed by atoms with E-state index in [9.17, 15) is 13.8 Å². The molecular weight excluding hydrogens is 408 g/mol. The van der Waals surface area contributed by atoms with E-state index in [1.807, 2.05) is 0 Å². The van der Waals surface area contributed by atoms with E-state index in [1.165, 1.54) is 12.4 Å². The lowest BCUT2D eigenvalue weighted by molar-refractivity contribution is -0.110. The summed E-state index contributed by atoms with van der Waals surface area (Å²) in [6, 6.07) is 6.88. The Morgan fingerprint density at radius 1 is 1.20 bits per heavy atom. The number of oxime groups is 1. The Bertz CT molecular complexity index is 968. The first kappa shape index (κ1) is 20.3. The van der Waals surface area contributed by atoms with Crippen molar-refractivity contribution in [1.82, 2.24) is 9.97 Å². The van der Waals surface area contributed by atoms with Gasteiger partial charge in [0.05, 0.1) is 36.4 Å². The number of aromatic nitrogens is 2. The van der Waals surface area contributed by atoms with Crippen LogP contribution in [0.15, 0.2) is 46.7 Å². The number of benzene rings is 1. The highest BCUT2D eigenvalue weighted by atomic mass is 32.2. The van der Waals surface area contributed by atoms with Crippen LogP contribution in [0.5, 0.6) is 0 Å². The number of hydrogen-bond acceptors (Lipinski definition) is 8. The molecule has 2 atom stereocenters. The molecule has 4 rings (SSSR count). The van der Waals surface area contributed by atoms with Gasteiger partial charge in [-0.25, -0.2) is 9.97 Å². The molecule has 1 aromatic heterocycles. The highest BCUT2D eigenvalue weighted by molar-refractivity contribution is 7.86. The summed E-state index contributed by atoms with van der Waals surface area (Å²) in [6.07, 6.45) is 5.53. The molecule has 0 bridgehead atoms. The minimum absolute atomic E-state index is 0.0481. The molecule has 2 aromatic rings. The lowest BCUT2D eigenvalue weighted by atomic mass is 10.1. The van der Waals surface area contributed by atoms with Gasteiger partial charge in [-0.1, -0.05) is 17.3 Å². The number of carbonyl (C=O) groups is 2. The van der Waals surface area contributed by atoms with Crippen LogP contribution >= 0.6 is 0 Å². The molecule has 1 aliphatic carbocycles. The van der Waals surface area contributed by atoms with Crippen molar-refractivity contribution in [1.29, 1.82) is 0 Å². The van der Waals surface area contributed by atoms with Crippen LogP contribution in [0.3, 0.4) is 0 Å². The number of anilines is 1. The van der Waals surface area contributed by atoms with E-state index in [0.717, 1.165) is 17.7 Å². The Morgan fingerprint density at radius 3 is 2.60 bits per heavy atom. The molecule has 2 fully saturated rings. The first-order valence-electron chi connectivity index (χ1n) is 9.55. The average Bonchev–Trinajstić information content (AvgIpc) is 3.50. The molecule has 1 saturated heterocycles. The molecule has 156 valence electrons. The van der Waals surface area contributed by atoms with E-state index in [0.29, 0.717) is 31.5 Å². The Hall–Kier alpha value is -2.98. The predicted molar refractivity (Wildman–Crippen MR) is 109 cm³/mol. The van der Waals surface area contributed by atoms with Crippen molar-refractivity contribution in [3.8, 4) is 0 Å². The summed E-state index contributed by atoms with van der Waals surface area (Å²) in [7, 11) is -1.03. The van der Waals surface area contributed by atoms with Gasteiger partial charge >= 0.3 is 0 Å². The van der Waals surface area contributed by atoms with Crippen LogP contribution < -0.4 is 5.32 Å². The zero-order valence-corrected chi connectivity index (χ0v) is 16.8. The fraction of sp³-hybridized carbons (Fsp3) is 0.350. The number of nitrogens with zero attached hydrogens (tertiary/aromatic N) is 3. The molecule has 1 saturated carbocycles. The SMILES string of the molecule is O=Cc1cnc(NC(=O)/C(=N/O[C@@H]2CCOC2)c2ccc(S(=O)C3CC3)cc2)cn1. The summed E-state index contributed by atoms with van der Waals surface area (Å²) in [5.74, 6) is -0.368. The first-order valence-corrected chi connectivity index (χ1v) is 10.8. The molecule has 1 unspecified atom stereocenters. The van der Waals surface area contributed by atoms with Crippen LogP contribution in [0, 0.1) is 0 Å². The van der Waals surface area contributed by atoms with E-state index in [2.05, 4.69) is 20.4 Å². The van der Waals surface area contributed by atoms with Gasteiger partial charge in [0.1, 0.15) is 5.69 Å². The van der Waals surface area contributed by atoms with E-state index >= 15 is 0 Å². The molecule has 1 N–H and O–H groups in total. The Balaban J connectivity index is 1.54. The summed E-state index contributed by atoms with van der Waals surface area (Å²) in [6.45, 7) is 0.998. The van der Waals surface area contributed by atoms with Crippen molar-refractivity contribution in [2.75, 3.05) is 18.5 Å². The van der Waals surface area contributed by atoms with Crippen LogP contribution in [0.4, 0.5) is 5.82 Å². The van der Waals surface area contributed by atoms with Gasteiger partial charge in [-0.3, -0.25) is 13.8 Å². The molecule has 2 heterocycles. The van der Waals surface area contributed by atoms with Gasteiger partial charge in [0.25, 0.3) is 5.91 Å². The van der Waals surface area contributed by atoms with Gasteiger partial charge in [0.15, 0.2) is 23.9 Å². The molecule has 0 spiro atoms. The molecule has 9 nitrogen and oxygen atoms in total. The van der Waals surface area contributed by atoms with Crippen LogP contribution in [-0.2, 0) is 25.2 Å². The fourth-order valence-electron chi connectivity index (χ4n) is 2.81. The number of rotatable bonds is 8. The third kappa shape index (κ3) is 4.95. The van der Waals surface area contributed by atoms with Crippen molar-refractivity contribution < 1.29 is 23.4 Å². The maximum Gasteiger partial charge on any atom is 0.279 e. The maximum absolute atomic E-state index is 12.9. The van der Waals surface area contributed by atoms with Crippen LogP contribution in [-0.4, -0.2) is 56.6 Å². The normalized spacial score (nSPS) is 19.9. The second-order valence-corrected chi connectivity index (χ2v) is 8.68. The Labute approximate surface area is 175 Å². The first-order chi connectivity index (χ1) is 14.6. The Kier molecular flexibility index (Phi) is 6.24. The monoisotopic (exact) mass is 428 g/mol. The third-order valence-electron chi connectivity index (χ3n) is 4.62. The summed E-state index contributed by atoms with van der Waals surface area (Å²) < 4.78 is 17.6. The van der Waals surface area contributed by atoms with Gasteiger partial charge < -0.3 is 14.9 Å². The molecule has 1 aromatic carbocycles. The number of aldehydes is 1. The fourth-order valence-corrected chi connectivity index (χ4v) is 4.16. The molecule has 1 aliphatic heterocycles. The number of carbonyl (C=O) groups excluding carboxylic acids is 2. The summed E-state index contributed by atoms with van der Waals surface area (Å²) in [5, 5.41) is 6.90. The highest BCUT2D eigenvalue weighted by Gasteiger charge is 2.29. The van der Waals surface area contributed by atoms with Crippen LogP contribution in [0.25, 0.3) is 0 Å². The maximum atomic E-state index is 12.9. The summed E-state index contributed by atoms with van der Waals surface area (Å²) in [5.41, 5.74) is 0.720. The molecule has 2 aliphatic rings. The predicted octanol–water partition coefficient (Wildman–Crippen LogP) is 1.71. The second kappa shape index (κ2) is 9.23. The molecule has 1 amide bonds. The van der Waals surface area contributed by atoms with E-state index in [1.54, 1.807) is 24.3 Å². The van der Waals surface area contributed by atoms with E-state index < -0.39 is 16.7 Å². The standard InChI is InChI=1S/C20H20N4O5S/c25-11-14-9-22-18(10-21-14)23-20(26)19(24-29-15-7-8-28-12-15)13-1-3-16(4-2-13)30(27)17-5-6-17/h1-4,9-11,15,17H,5-8,12H2,(H,22,23,26)/b24-19+/t15-,30?/m1/s1. The highest BCUT2D eigenvalue weighted by Crippen LogP contribution is 2.30. The number of amides is 1. The van der Waals surface area contributed by atoms with Gasteiger partial charge in [0, 0.05) is 22.1 Å². The number of nitrogens with one attached hydrogen (secondary N) is 1. The van der Waals surface area contributed by atoms with E-state index in [-0.39, 0.29) is 28.6 Å². The molecule has 10 heteroatoms. The van der Waals surface area contributed by atoms with Gasteiger partial charge in [-0.05, 0) is 25.0 Å². The largest absolute Gasteiger partial charge is 0.389 e. The minimum atomic E-state index is -1.03. The van der Waals surface area contributed by atoms with E-state index in [4.69, 9.17) is 9.57 Å². The second-order valence-electron chi connectivity index (χ2n) is 6.95. The number of hydrogen-bond donors (Lipinski definition) is 1. The smallest absolute Gasteiger partial charge is 0.279 e. The van der Waals surface area contributed by atoms with Crippen molar-refractivity contribution >= 4 is 34.5 Å². The lowest BCUT2D eigenvalue weighted by Crippen LogP contribution is -2.26. The summed E-state index contributed by atoms with van der Waals surface area (Å²) in [4.78, 5) is 37.7. The van der Waals surface area contributed by atoms with Crippen LogP contribution in [0.1, 0.15) is 35.3 Å². The molecular formula is C20H20N4O5S. The topological polar surface area (TPSA) is 120 Å². The summed E-state index contributed by atoms with van der Waals surface area (Å²) >= 11 is 0. The van der Waals surface area contributed by atoms with Crippen molar-refractivity contribution in [3.63, 3.8) is 0 Å². The molecule has 0 radical (unpaired) electrons. The van der Waals surface area contributed by atoms with Crippen molar-refractivity contribution in [2.24, 2.45) is 5.16 Å². The van der Waals surface area contributed by atoms with Gasteiger partial charge in [0.2, 0.25) is 0 Å². The van der Waals surface area contributed by atoms with Crippen molar-refractivity contribution in [2.45, 2.75) is 35.5 Å². The third-order valence-corrected chi connectivity index (χ3v) is 6.43. The zero-order valence-electron chi connectivity index (χ0n) is 16.0. The van der Waals surface area contributed by atoms with Crippen LogP contribution in [0.2, 0.25) is 0 Å². The quantitative estimate of drug-likeness (QED) is 0.386. The Morgan fingerprint density at radius 2 is 2.00 bits per heavy atom. The minimum Gasteiger partial charge on any atom is -0.389 e. The van der Waals surface area contributed by atoms with Gasteiger partial charge in [-0.2, -0.15) is 0 Å². The van der Waals surface area contributed by atoms with Crippen molar-refractivity contribution in [3.05, 3.63) is 47.9 Å².